The van der Waals surface area contributed by atoms with E-state index in [9.17, 15) is 9.59 Å². The molecule has 3 heterocycles. The van der Waals surface area contributed by atoms with Crippen LogP contribution < -0.4 is 11.2 Å². The van der Waals surface area contributed by atoms with Crippen molar-refractivity contribution < 1.29 is 0 Å². The molecule has 33 heavy (non-hydrogen) atoms. The number of hydrogen-bond acceptors (Lipinski definition) is 6. The van der Waals surface area contributed by atoms with Gasteiger partial charge in [0.2, 0.25) is 0 Å². The fourth-order valence-electron chi connectivity index (χ4n) is 4.14. The Bertz CT molecular complexity index is 1570. The second kappa shape index (κ2) is 7.97. The molecule has 0 aliphatic rings. The first-order chi connectivity index (χ1) is 16.0. The van der Waals surface area contributed by atoms with Crippen LogP contribution in [-0.2, 0) is 20.1 Å². The van der Waals surface area contributed by atoms with E-state index >= 15 is 0 Å². The van der Waals surface area contributed by atoms with E-state index < -0.39 is 0 Å². The van der Waals surface area contributed by atoms with Gasteiger partial charge >= 0.3 is 5.69 Å². The van der Waals surface area contributed by atoms with Gasteiger partial charge in [-0.15, -0.1) is 5.10 Å². The van der Waals surface area contributed by atoms with Crippen molar-refractivity contribution in [3.8, 4) is 22.5 Å². The third kappa shape index (κ3) is 3.36. The van der Waals surface area contributed by atoms with Crippen LogP contribution in [0, 0.1) is 6.92 Å². The molecule has 0 radical (unpaired) electrons. The molecule has 10 heteroatoms. The van der Waals surface area contributed by atoms with E-state index in [0.717, 1.165) is 22.3 Å². The first-order valence-corrected chi connectivity index (χ1v) is 10.6. The van der Waals surface area contributed by atoms with Crippen LogP contribution in [-0.4, -0.2) is 39.3 Å². The van der Waals surface area contributed by atoms with Crippen molar-refractivity contribution >= 4 is 11.2 Å². The van der Waals surface area contributed by atoms with Crippen molar-refractivity contribution in [3.05, 3.63) is 80.8 Å². The van der Waals surface area contributed by atoms with Gasteiger partial charge in [-0.1, -0.05) is 48.5 Å². The summed E-state index contributed by atoms with van der Waals surface area (Å²) in [6, 6.07) is 16.0. The van der Waals surface area contributed by atoms with Crippen molar-refractivity contribution in [3.63, 3.8) is 0 Å². The predicted octanol–water partition coefficient (Wildman–Crippen LogP) is 2.12. The maximum Gasteiger partial charge on any atom is 0.332 e. The van der Waals surface area contributed by atoms with E-state index in [0.29, 0.717) is 35.9 Å². The summed E-state index contributed by atoms with van der Waals surface area (Å²) in [5.41, 5.74) is 4.11. The van der Waals surface area contributed by atoms with Gasteiger partial charge in [-0.2, -0.15) is 0 Å². The van der Waals surface area contributed by atoms with E-state index in [1.807, 2.05) is 60.0 Å². The lowest BCUT2D eigenvalue weighted by Gasteiger charge is -2.11. The van der Waals surface area contributed by atoms with Gasteiger partial charge in [-0.25, -0.2) is 14.9 Å². The minimum atomic E-state index is -0.357. The molecule has 10 nitrogen and oxygen atoms in total. The van der Waals surface area contributed by atoms with Crippen LogP contribution >= 0.6 is 0 Å². The Kier molecular flexibility index (Phi) is 4.97. The first-order valence-electron chi connectivity index (χ1n) is 10.6. The van der Waals surface area contributed by atoms with E-state index in [4.69, 9.17) is 0 Å². The Morgan fingerprint density at radius 3 is 2.36 bits per heavy atom. The third-order valence-corrected chi connectivity index (χ3v) is 5.87. The van der Waals surface area contributed by atoms with E-state index in [1.165, 1.54) is 9.13 Å². The quantitative estimate of drug-likeness (QED) is 0.446. The van der Waals surface area contributed by atoms with Gasteiger partial charge in [0.05, 0.1) is 0 Å². The summed E-state index contributed by atoms with van der Waals surface area (Å²) >= 11 is 0. The predicted molar refractivity (Wildman–Crippen MR) is 124 cm³/mol. The molecule has 3 aromatic heterocycles. The molecule has 0 atom stereocenters. The highest BCUT2D eigenvalue weighted by atomic mass is 16.2. The number of fused-ring (bicyclic) bond motifs is 1. The number of benzene rings is 2. The molecule has 5 aromatic rings. The molecule has 0 amide bonds. The highest BCUT2D eigenvalue weighted by Gasteiger charge is 2.18. The lowest BCUT2D eigenvalue weighted by molar-refractivity contribution is 0.634. The normalized spacial score (nSPS) is 11.4. The summed E-state index contributed by atoms with van der Waals surface area (Å²) in [7, 11) is 1.64. The molecular weight excluding hydrogens is 420 g/mol. The van der Waals surface area contributed by atoms with Gasteiger partial charge < -0.3 is 4.57 Å². The molecule has 0 bridgehead atoms. The molecule has 0 aliphatic carbocycles. The number of nitrogens with one attached hydrogen (secondary N) is 1. The Balaban J connectivity index is 1.54. The van der Waals surface area contributed by atoms with Crippen molar-refractivity contribution in [2.45, 2.75) is 26.9 Å². The van der Waals surface area contributed by atoms with Crippen LogP contribution in [0.4, 0.5) is 0 Å². The van der Waals surface area contributed by atoms with Crippen molar-refractivity contribution in [1.29, 1.82) is 0 Å². The fraction of sp³-hybridized carbons (Fsp3) is 0.217. The van der Waals surface area contributed by atoms with Crippen molar-refractivity contribution in [2.75, 3.05) is 0 Å². The highest BCUT2D eigenvalue weighted by molar-refractivity contribution is 5.80. The molecule has 0 aliphatic heterocycles. The first kappa shape index (κ1) is 20.6. The molecule has 0 unspecified atom stereocenters. The number of nitrogens with zero attached hydrogens (tertiary/aromatic N) is 7. The second-order valence-corrected chi connectivity index (χ2v) is 7.80. The molecule has 1 N–H and O–H groups in total. The monoisotopic (exact) mass is 442 g/mol. The van der Waals surface area contributed by atoms with Crippen molar-refractivity contribution in [2.24, 2.45) is 7.05 Å². The zero-order chi connectivity index (χ0) is 23.1. The number of imidazole rings is 1. The topological polar surface area (TPSA) is 116 Å². The summed E-state index contributed by atoms with van der Waals surface area (Å²) in [4.78, 5) is 30.0. The summed E-state index contributed by atoms with van der Waals surface area (Å²) in [6.45, 7) is 4.40. The Labute approximate surface area is 188 Å². The standard InChI is InChI=1S/C23H22N8O2/c1-4-30-22(32)19-21(29(3)23(30)33)24-14(2)31(19)13-15-9-11-16(12-10-15)17-7-5-6-8-18(17)20-25-27-28-26-20/h5-12H,4,13H2,1-3H3,(H,25,26,27,28). The zero-order valence-corrected chi connectivity index (χ0v) is 18.5. The molecule has 2 aromatic carbocycles. The zero-order valence-electron chi connectivity index (χ0n) is 18.5. The lowest BCUT2D eigenvalue weighted by atomic mass is 9.98. The lowest BCUT2D eigenvalue weighted by Crippen LogP contribution is -2.39. The van der Waals surface area contributed by atoms with Crippen LogP contribution in [0.25, 0.3) is 33.7 Å². The number of rotatable bonds is 5. The minimum Gasteiger partial charge on any atom is -0.318 e. The largest absolute Gasteiger partial charge is 0.332 e. The minimum absolute atomic E-state index is 0.306. The molecular formula is C23H22N8O2. The maximum absolute atomic E-state index is 13.0. The summed E-state index contributed by atoms with van der Waals surface area (Å²) < 4.78 is 4.53. The number of tetrazole rings is 1. The highest BCUT2D eigenvalue weighted by Crippen LogP contribution is 2.30. The molecule has 5 rings (SSSR count). The Morgan fingerprint density at radius 2 is 1.70 bits per heavy atom. The van der Waals surface area contributed by atoms with Crippen LogP contribution in [0.15, 0.2) is 58.1 Å². The second-order valence-electron chi connectivity index (χ2n) is 7.80. The number of hydrogen-bond donors (Lipinski definition) is 1. The van der Waals surface area contributed by atoms with Gasteiger partial charge in [-0.3, -0.25) is 13.9 Å². The molecule has 166 valence electrons. The van der Waals surface area contributed by atoms with E-state index in [2.05, 4.69) is 25.6 Å². The van der Waals surface area contributed by atoms with Crippen LogP contribution in [0.1, 0.15) is 18.3 Å². The van der Waals surface area contributed by atoms with Crippen LogP contribution in [0.2, 0.25) is 0 Å². The number of aryl methyl sites for hydroxylation is 2. The summed E-state index contributed by atoms with van der Waals surface area (Å²) in [5, 5.41) is 14.2. The molecule has 0 spiro atoms. The van der Waals surface area contributed by atoms with Crippen LogP contribution in [0.3, 0.4) is 0 Å². The van der Waals surface area contributed by atoms with Crippen molar-refractivity contribution in [1.82, 2.24) is 39.3 Å². The number of aromatic nitrogens is 8. The average molecular weight is 442 g/mol. The average Bonchev–Trinajstić information content (AvgIpc) is 3.48. The van der Waals surface area contributed by atoms with E-state index in [1.54, 1.807) is 14.0 Å². The molecule has 0 saturated carbocycles. The van der Waals surface area contributed by atoms with Gasteiger partial charge in [0.1, 0.15) is 5.82 Å². The van der Waals surface area contributed by atoms with Gasteiger partial charge in [-0.05, 0) is 41.0 Å². The smallest absolute Gasteiger partial charge is 0.318 e. The number of aromatic amines is 1. The summed E-state index contributed by atoms with van der Waals surface area (Å²) in [5.74, 6) is 1.28. The Morgan fingerprint density at radius 1 is 0.970 bits per heavy atom. The third-order valence-electron chi connectivity index (χ3n) is 5.87. The molecule has 0 fully saturated rings. The van der Waals surface area contributed by atoms with Gasteiger partial charge in [0.25, 0.3) is 5.56 Å². The van der Waals surface area contributed by atoms with Crippen LogP contribution in [0.5, 0.6) is 0 Å². The Hall–Kier alpha value is -4.34. The maximum atomic E-state index is 13.0. The SMILES string of the molecule is CCn1c(=O)c2c(nc(C)n2Cc2ccc(-c3ccccc3-c3nnn[nH]3)cc2)n(C)c1=O. The fourth-order valence-corrected chi connectivity index (χ4v) is 4.14. The van der Waals surface area contributed by atoms with E-state index in [-0.39, 0.29) is 11.2 Å². The number of H-pyrrole nitrogens is 1. The summed E-state index contributed by atoms with van der Waals surface area (Å²) in [6.07, 6.45) is 0. The molecule has 0 saturated heterocycles. The van der Waals surface area contributed by atoms with Gasteiger partial charge in [0, 0.05) is 25.7 Å². The van der Waals surface area contributed by atoms with Gasteiger partial charge in [0.15, 0.2) is 17.0 Å².